The Labute approximate surface area is 92.5 Å². The fourth-order valence-corrected chi connectivity index (χ4v) is 1.87. The first kappa shape index (κ1) is 14.4. The van der Waals surface area contributed by atoms with Gasteiger partial charge in [0.2, 0.25) is 0 Å². The van der Waals surface area contributed by atoms with E-state index in [1.54, 1.807) is 0 Å². The van der Waals surface area contributed by atoms with Crippen LogP contribution in [0.15, 0.2) is 0 Å². The monoisotopic (exact) mass is 216 g/mol. The molecule has 0 aliphatic heterocycles. The first-order chi connectivity index (χ1) is 6.89. The van der Waals surface area contributed by atoms with E-state index in [0.717, 1.165) is 19.3 Å². The van der Waals surface area contributed by atoms with E-state index in [-0.39, 0.29) is 0 Å². The molecule has 0 aliphatic rings. The van der Waals surface area contributed by atoms with Gasteiger partial charge < -0.3 is 10.2 Å². The molecule has 0 heterocycles. The van der Waals surface area contributed by atoms with Gasteiger partial charge in [-0.15, -0.1) is 0 Å². The molecule has 0 aromatic rings. The van der Waals surface area contributed by atoms with Crippen LogP contribution >= 0.6 is 0 Å². The molecule has 1 unspecified atom stereocenters. The molecular formula is C12H24O3. The van der Waals surface area contributed by atoms with Crippen LogP contribution in [0.3, 0.4) is 0 Å². The average molecular weight is 216 g/mol. The molecule has 0 amide bonds. The van der Waals surface area contributed by atoms with Crippen molar-refractivity contribution in [3.05, 3.63) is 0 Å². The normalized spacial score (nSPS) is 13.9. The summed E-state index contributed by atoms with van der Waals surface area (Å²) in [7, 11) is 0. The molecule has 0 aromatic heterocycles. The first-order valence-corrected chi connectivity index (χ1v) is 5.80. The SMILES string of the molecule is CCCC(C)(C)CCCCC(O)C(=O)O. The minimum absolute atomic E-state index is 0.350. The summed E-state index contributed by atoms with van der Waals surface area (Å²) in [6, 6.07) is 0. The van der Waals surface area contributed by atoms with Gasteiger partial charge in [0.15, 0.2) is 6.10 Å². The lowest BCUT2D eigenvalue weighted by molar-refractivity contribution is -0.146. The van der Waals surface area contributed by atoms with Crippen molar-refractivity contribution in [1.82, 2.24) is 0 Å². The zero-order valence-electron chi connectivity index (χ0n) is 10.1. The summed E-state index contributed by atoms with van der Waals surface area (Å²) in [5.74, 6) is -1.11. The Bertz CT molecular complexity index is 187. The smallest absolute Gasteiger partial charge is 0.332 e. The zero-order chi connectivity index (χ0) is 11.9. The highest BCUT2D eigenvalue weighted by atomic mass is 16.4. The lowest BCUT2D eigenvalue weighted by Gasteiger charge is -2.23. The van der Waals surface area contributed by atoms with Crippen LogP contribution in [0.5, 0.6) is 0 Å². The number of aliphatic hydroxyl groups is 1. The first-order valence-electron chi connectivity index (χ1n) is 5.80. The van der Waals surface area contributed by atoms with Crippen molar-refractivity contribution >= 4 is 5.97 Å². The minimum atomic E-state index is -1.18. The Morgan fingerprint density at radius 1 is 1.27 bits per heavy atom. The van der Waals surface area contributed by atoms with E-state index in [4.69, 9.17) is 10.2 Å². The number of hydrogen-bond acceptors (Lipinski definition) is 2. The molecule has 0 fully saturated rings. The van der Waals surface area contributed by atoms with Crippen LogP contribution in [0.1, 0.15) is 59.3 Å². The van der Waals surface area contributed by atoms with Crippen LogP contribution < -0.4 is 0 Å². The largest absolute Gasteiger partial charge is 0.479 e. The molecule has 0 saturated carbocycles. The number of carboxylic acid groups (broad SMARTS) is 1. The number of unbranched alkanes of at least 4 members (excludes halogenated alkanes) is 1. The van der Waals surface area contributed by atoms with Gasteiger partial charge in [0.25, 0.3) is 0 Å². The molecule has 0 rings (SSSR count). The predicted octanol–water partition coefficient (Wildman–Crippen LogP) is 2.82. The molecule has 3 nitrogen and oxygen atoms in total. The van der Waals surface area contributed by atoms with Gasteiger partial charge >= 0.3 is 5.97 Å². The fraction of sp³-hybridized carbons (Fsp3) is 0.917. The van der Waals surface area contributed by atoms with Gasteiger partial charge in [-0.3, -0.25) is 0 Å². The highest BCUT2D eigenvalue weighted by Gasteiger charge is 2.17. The zero-order valence-corrected chi connectivity index (χ0v) is 10.1. The van der Waals surface area contributed by atoms with Crippen LogP contribution in [0.25, 0.3) is 0 Å². The number of carboxylic acids is 1. The third-order valence-electron chi connectivity index (χ3n) is 2.79. The summed E-state index contributed by atoms with van der Waals surface area (Å²) in [5, 5.41) is 17.5. The van der Waals surface area contributed by atoms with E-state index >= 15 is 0 Å². The van der Waals surface area contributed by atoms with Gasteiger partial charge in [-0.2, -0.15) is 0 Å². The molecule has 0 aliphatic carbocycles. The number of aliphatic hydroxyl groups excluding tert-OH is 1. The van der Waals surface area contributed by atoms with Crippen molar-refractivity contribution in [1.29, 1.82) is 0 Å². The quantitative estimate of drug-likeness (QED) is 0.613. The Morgan fingerprint density at radius 2 is 1.87 bits per heavy atom. The molecule has 0 aromatic carbocycles. The molecule has 0 spiro atoms. The summed E-state index contributed by atoms with van der Waals surface area (Å²) < 4.78 is 0. The molecule has 2 N–H and O–H groups in total. The Kier molecular flexibility index (Phi) is 6.57. The second kappa shape index (κ2) is 6.83. The highest BCUT2D eigenvalue weighted by Crippen LogP contribution is 2.29. The third-order valence-corrected chi connectivity index (χ3v) is 2.79. The molecule has 0 saturated heterocycles. The van der Waals surface area contributed by atoms with Crippen LogP contribution in [-0.4, -0.2) is 22.3 Å². The van der Waals surface area contributed by atoms with Crippen molar-refractivity contribution in [2.75, 3.05) is 0 Å². The van der Waals surface area contributed by atoms with Crippen molar-refractivity contribution in [3.63, 3.8) is 0 Å². The van der Waals surface area contributed by atoms with E-state index in [0.29, 0.717) is 11.8 Å². The highest BCUT2D eigenvalue weighted by molar-refractivity contribution is 5.71. The lowest BCUT2D eigenvalue weighted by Crippen LogP contribution is -2.19. The summed E-state index contributed by atoms with van der Waals surface area (Å²) in [4.78, 5) is 10.3. The predicted molar refractivity (Wildman–Crippen MR) is 60.8 cm³/mol. The topological polar surface area (TPSA) is 57.5 Å². The average Bonchev–Trinajstić information content (AvgIpc) is 2.11. The second-order valence-electron chi connectivity index (χ2n) is 5.01. The lowest BCUT2D eigenvalue weighted by atomic mass is 9.83. The molecule has 15 heavy (non-hydrogen) atoms. The number of carbonyl (C=O) groups is 1. The molecule has 90 valence electrons. The van der Waals surface area contributed by atoms with E-state index in [2.05, 4.69) is 20.8 Å². The number of hydrogen-bond donors (Lipinski definition) is 2. The maximum atomic E-state index is 10.3. The van der Waals surface area contributed by atoms with Crippen LogP contribution in [0, 0.1) is 5.41 Å². The van der Waals surface area contributed by atoms with Gasteiger partial charge in [0.05, 0.1) is 0 Å². The van der Waals surface area contributed by atoms with Gasteiger partial charge in [-0.05, 0) is 24.7 Å². The van der Waals surface area contributed by atoms with Crippen LogP contribution in [-0.2, 0) is 4.79 Å². The number of rotatable bonds is 8. The Morgan fingerprint density at radius 3 is 2.33 bits per heavy atom. The van der Waals surface area contributed by atoms with E-state index in [1.807, 2.05) is 0 Å². The number of aliphatic carboxylic acids is 1. The summed E-state index contributed by atoms with van der Waals surface area (Å²) in [5.41, 5.74) is 0.350. The van der Waals surface area contributed by atoms with Crippen molar-refractivity contribution in [2.45, 2.75) is 65.4 Å². The fourth-order valence-electron chi connectivity index (χ4n) is 1.87. The van der Waals surface area contributed by atoms with E-state index < -0.39 is 12.1 Å². The van der Waals surface area contributed by atoms with Gasteiger partial charge in [0, 0.05) is 0 Å². The van der Waals surface area contributed by atoms with Gasteiger partial charge in [0.1, 0.15) is 0 Å². The maximum Gasteiger partial charge on any atom is 0.332 e. The Hall–Kier alpha value is -0.570. The maximum absolute atomic E-state index is 10.3. The van der Waals surface area contributed by atoms with Crippen molar-refractivity contribution in [2.24, 2.45) is 5.41 Å². The van der Waals surface area contributed by atoms with Crippen LogP contribution in [0.4, 0.5) is 0 Å². The van der Waals surface area contributed by atoms with Gasteiger partial charge in [-0.1, -0.05) is 40.0 Å². The molecular weight excluding hydrogens is 192 g/mol. The molecule has 0 bridgehead atoms. The third kappa shape index (κ3) is 7.37. The molecule has 0 radical (unpaired) electrons. The van der Waals surface area contributed by atoms with Crippen LogP contribution in [0.2, 0.25) is 0 Å². The molecule has 3 heteroatoms. The molecule has 1 atom stereocenters. The summed E-state index contributed by atoms with van der Waals surface area (Å²) >= 11 is 0. The standard InChI is InChI=1S/C12H24O3/c1-4-8-12(2,3)9-6-5-7-10(13)11(14)15/h10,13H,4-9H2,1-3H3,(H,14,15). The summed E-state index contributed by atoms with van der Waals surface area (Å²) in [6.07, 6.45) is 4.47. The summed E-state index contributed by atoms with van der Waals surface area (Å²) in [6.45, 7) is 6.66. The van der Waals surface area contributed by atoms with E-state index in [1.165, 1.54) is 12.8 Å². The van der Waals surface area contributed by atoms with Crippen molar-refractivity contribution < 1.29 is 15.0 Å². The van der Waals surface area contributed by atoms with Gasteiger partial charge in [-0.25, -0.2) is 4.79 Å². The second-order valence-corrected chi connectivity index (χ2v) is 5.01. The van der Waals surface area contributed by atoms with E-state index in [9.17, 15) is 4.79 Å². The van der Waals surface area contributed by atoms with Crippen molar-refractivity contribution in [3.8, 4) is 0 Å². The Balaban J connectivity index is 3.58. The minimum Gasteiger partial charge on any atom is -0.479 e.